The van der Waals surface area contributed by atoms with Crippen molar-refractivity contribution in [1.29, 1.82) is 0 Å². The summed E-state index contributed by atoms with van der Waals surface area (Å²) in [5.41, 5.74) is -0.257. The summed E-state index contributed by atoms with van der Waals surface area (Å²) in [6.07, 6.45) is 6.26. The van der Waals surface area contributed by atoms with Crippen LogP contribution in [0, 0.1) is 11.7 Å². The molecule has 1 aliphatic carbocycles. The van der Waals surface area contributed by atoms with E-state index in [1.807, 2.05) is 6.92 Å². The van der Waals surface area contributed by atoms with Crippen LogP contribution in [0.25, 0.3) is 0 Å². The van der Waals surface area contributed by atoms with Gasteiger partial charge in [0.25, 0.3) is 0 Å². The first-order valence-corrected chi connectivity index (χ1v) is 6.01. The van der Waals surface area contributed by atoms with E-state index >= 15 is 0 Å². The fourth-order valence-electron chi connectivity index (χ4n) is 2.71. The molecule has 2 rings (SSSR count). The molecular weight excluding hydrogens is 205 g/mol. The summed E-state index contributed by atoms with van der Waals surface area (Å²) in [5, 5.41) is 10.7. The van der Waals surface area contributed by atoms with Crippen molar-refractivity contribution < 1.29 is 9.50 Å². The molecule has 0 spiro atoms. The molecule has 1 fully saturated rings. The van der Waals surface area contributed by atoms with Gasteiger partial charge >= 0.3 is 0 Å². The average Bonchev–Trinajstić information content (AvgIpc) is 2.83. The molecule has 0 radical (unpaired) electrons. The second kappa shape index (κ2) is 4.50. The van der Waals surface area contributed by atoms with Crippen LogP contribution < -0.4 is 0 Å². The molecule has 16 heavy (non-hydrogen) atoms. The Kier molecular flexibility index (Phi) is 3.24. The summed E-state index contributed by atoms with van der Waals surface area (Å²) in [7, 11) is 0. The predicted molar refractivity (Wildman–Crippen MR) is 60.3 cm³/mol. The van der Waals surface area contributed by atoms with Gasteiger partial charge in [0, 0.05) is 0 Å². The zero-order valence-corrected chi connectivity index (χ0v) is 9.62. The standard InChI is InChI=1S/C13H18FNO/c1-2-13(16,10-5-3-4-6-10)12-8-7-11(14)9-15-12/h7-10,16H,2-6H2,1H3. The van der Waals surface area contributed by atoms with Crippen LogP contribution in [0.2, 0.25) is 0 Å². The van der Waals surface area contributed by atoms with Gasteiger partial charge < -0.3 is 5.11 Å². The van der Waals surface area contributed by atoms with Crippen molar-refractivity contribution in [2.24, 2.45) is 5.92 Å². The van der Waals surface area contributed by atoms with Gasteiger partial charge in [0.15, 0.2) is 0 Å². The van der Waals surface area contributed by atoms with Crippen LogP contribution in [-0.4, -0.2) is 10.1 Å². The van der Waals surface area contributed by atoms with Gasteiger partial charge in [-0.2, -0.15) is 0 Å². The maximum Gasteiger partial charge on any atom is 0.141 e. The first-order chi connectivity index (χ1) is 7.66. The number of aliphatic hydroxyl groups is 1. The van der Waals surface area contributed by atoms with Crippen molar-refractivity contribution in [3.8, 4) is 0 Å². The van der Waals surface area contributed by atoms with E-state index in [1.54, 1.807) is 6.07 Å². The molecule has 2 nitrogen and oxygen atoms in total. The molecule has 1 atom stereocenters. The van der Waals surface area contributed by atoms with E-state index < -0.39 is 5.60 Å². The molecule has 0 aromatic carbocycles. The lowest BCUT2D eigenvalue weighted by molar-refractivity contribution is -0.0296. The highest BCUT2D eigenvalue weighted by Gasteiger charge is 2.39. The Morgan fingerprint density at radius 1 is 1.44 bits per heavy atom. The number of nitrogens with zero attached hydrogens (tertiary/aromatic N) is 1. The molecule has 1 saturated carbocycles. The Hall–Kier alpha value is -0.960. The number of aromatic nitrogens is 1. The van der Waals surface area contributed by atoms with E-state index in [9.17, 15) is 9.50 Å². The van der Waals surface area contributed by atoms with Crippen molar-refractivity contribution in [1.82, 2.24) is 4.98 Å². The van der Waals surface area contributed by atoms with Crippen LogP contribution in [0.5, 0.6) is 0 Å². The Balaban J connectivity index is 2.29. The summed E-state index contributed by atoms with van der Waals surface area (Å²) < 4.78 is 12.8. The minimum atomic E-state index is -0.871. The normalized spacial score (nSPS) is 20.9. The molecule has 0 bridgehead atoms. The second-order valence-corrected chi connectivity index (χ2v) is 4.62. The Morgan fingerprint density at radius 2 is 2.12 bits per heavy atom. The SMILES string of the molecule is CCC(O)(c1ccc(F)cn1)C1CCCC1. The lowest BCUT2D eigenvalue weighted by atomic mass is 9.81. The van der Waals surface area contributed by atoms with Crippen LogP contribution >= 0.6 is 0 Å². The highest BCUT2D eigenvalue weighted by Crippen LogP contribution is 2.41. The van der Waals surface area contributed by atoms with Crippen LogP contribution in [0.15, 0.2) is 18.3 Å². The number of halogens is 1. The third-order valence-corrected chi connectivity index (χ3v) is 3.74. The van der Waals surface area contributed by atoms with Gasteiger partial charge in [-0.15, -0.1) is 0 Å². The van der Waals surface area contributed by atoms with Crippen molar-refractivity contribution >= 4 is 0 Å². The smallest absolute Gasteiger partial charge is 0.141 e. The molecule has 1 N–H and O–H groups in total. The van der Waals surface area contributed by atoms with E-state index in [-0.39, 0.29) is 11.7 Å². The molecular formula is C13H18FNO. The predicted octanol–water partition coefficient (Wildman–Crippen LogP) is 3.01. The van der Waals surface area contributed by atoms with Gasteiger partial charge in [0.05, 0.1) is 11.9 Å². The quantitative estimate of drug-likeness (QED) is 0.854. The Labute approximate surface area is 95.5 Å². The fraction of sp³-hybridized carbons (Fsp3) is 0.615. The van der Waals surface area contributed by atoms with Crippen molar-refractivity contribution in [2.45, 2.75) is 44.6 Å². The molecule has 88 valence electrons. The maximum absolute atomic E-state index is 12.8. The van der Waals surface area contributed by atoms with Gasteiger partial charge in [0.1, 0.15) is 11.4 Å². The van der Waals surface area contributed by atoms with E-state index in [0.717, 1.165) is 12.8 Å². The van der Waals surface area contributed by atoms with Crippen LogP contribution in [0.3, 0.4) is 0 Å². The second-order valence-electron chi connectivity index (χ2n) is 4.62. The lowest BCUT2D eigenvalue weighted by Crippen LogP contribution is -2.34. The van der Waals surface area contributed by atoms with E-state index in [2.05, 4.69) is 4.98 Å². The molecule has 0 saturated heterocycles. The van der Waals surface area contributed by atoms with Gasteiger partial charge in [-0.3, -0.25) is 4.98 Å². The molecule has 1 aromatic rings. The first kappa shape index (κ1) is 11.5. The number of rotatable bonds is 3. The van der Waals surface area contributed by atoms with Crippen LogP contribution in [0.1, 0.15) is 44.7 Å². The summed E-state index contributed by atoms with van der Waals surface area (Å²) in [6.45, 7) is 1.96. The summed E-state index contributed by atoms with van der Waals surface area (Å²) >= 11 is 0. The van der Waals surface area contributed by atoms with Gasteiger partial charge in [-0.25, -0.2) is 4.39 Å². The van der Waals surface area contributed by atoms with Crippen molar-refractivity contribution in [2.75, 3.05) is 0 Å². The molecule has 1 unspecified atom stereocenters. The van der Waals surface area contributed by atoms with Gasteiger partial charge in [-0.1, -0.05) is 19.8 Å². The monoisotopic (exact) mass is 223 g/mol. The third-order valence-electron chi connectivity index (χ3n) is 3.74. The highest BCUT2D eigenvalue weighted by molar-refractivity contribution is 5.15. The zero-order chi connectivity index (χ0) is 11.6. The highest BCUT2D eigenvalue weighted by atomic mass is 19.1. The van der Waals surface area contributed by atoms with Crippen LogP contribution in [0.4, 0.5) is 4.39 Å². The number of hydrogen-bond donors (Lipinski definition) is 1. The Morgan fingerprint density at radius 3 is 2.62 bits per heavy atom. The minimum absolute atomic E-state index is 0.274. The molecule has 1 heterocycles. The van der Waals surface area contributed by atoms with E-state index in [1.165, 1.54) is 25.1 Å². The van der Waals surface area contributed by atoms with Crippen molar-refractivity contribution in [3.63, 3.8) is 0 Å². The maximum atomic E-state index is 12.8. The molecule has 3 heteroatoms. The molecule has 1 aliphatic rings. The fourth-order valence-corrected chi connectivity index (χ4v) is 2.71. The minimum Gasteiger partial charge on any atom is -0.383 e. The first-order valence-electron chi connectivity index (χ1n) is 6.01. The van der Waals surface area contributed by atoms with Crippen molar-refractivity contribution in [3.05, 3.63) is 29.8 Å². The number of hydrogen-bond acceptors (Lipinski definition) is 2. The summed E-state index contributed by atoms with van der Waals surface area (Å²) in [5.74, 6) is -0.0795. The third kappa shape index (κ3) is 1.96. The zero-order valence-electron chi connectivity index (χ0n) is 9.62. The van der Waals surface area contributed by atoms with E-state index in [4.69, 9.17) is 0 Å². The molecule has 0 amide bonds. The lowest BCUT2D eigenvalue weighted by Gasteiger charge is -2.32. The molecule has 1 aromatic heterocycles. The summed E-state index contributed by atoms with van der Waals surface area (Å²) in [4.78, 5) is 4.04. The van der Waals surface area contributed by atoms with E-state index in [0.29, 0.717) is 12.1 Å². The largest absolute Gasteiger partial charge is 0.383 e. The average molecular weight is 223 g/mol. The summed E-state index contributed by atoms with van der Waals surface area (Å²) in [6, 6.07) is 2.98. The number of pyridine rings is 1. The van der Waals surface area contributed by atoms with Crippen LogP contribution in [-0.2, 0) is 5.60 Å². The van der Waals surface area contributed by atoms with Gasteiger partial charge in [0.2, 0.25) is 0 Å². The topological polar surface area (TPSA) is 33.1 Å². The Bertz CT molecular complexity index is 345. The molecule has 0 aliphatic heterocycles. The van der Waals surface area contributed by atoms with Gasteiger partial charge in [-0.05, 0) is 37.3 Å².